The van der Waals surface area contributed by atoms with Crippen LogP contribution in [0.15, 0.2) is 17.1 Å². The maximum absolute atomic E-state index is 12.9. The number of carbonyl (C=O) groups excluding carboxylic acids is 1. The van der Waals surface area contributed by atoms with Crippen molar-refractivity contribution < 1.29 is 9.53 Å². The van der Waals surface area contributed by atoms with Gasteiger partial charge in [-0.3, -0.25) is 14.0 Å². The molecular formula is C21H32N4O3. The third kappa shape index (κ3) is 4.14. The lowest BCUT2D eigenvalue weighted by atomic mass is 9.77. The molecule has 0 unspecified atom stereocenters. The second-order valence-electron chi connectivity index (χ2n) is 8.49. The van der Waals surface area contributed by atoms with Crippen LogP contribution in [0.1, 0.15) is 70.7 Å². The average molecular weight is 389 g/mol. The Balaban J connectivity index is 1.83. The molecule has 28 heavy (non-hydrogen) atoms. The molecule has 0 aromatic carbocycles. The third-order valence-electron chi connectivity index (χ3n) is 5.74. The zero-order valence-electron chi connectivity index (χ0n) is 17.6. The second-order valence-corrected chi connectivity index (χ2v) is 8.49. The van der Waals surface area contributed by atoms with Gasteiger partial charge in [-0.15, -0.1) is 0 Å². The minimum absolute atomic E-state index is 0.0587. The Morgan fingerprint density at radius 1 is 1.43 bits per heavy atom. The fourth-order valence-corrected chi connectivity index (χ4v) is 3.82. The van der Waals surface area contributed by atoms with Crippen LogP contribution >= 0.6 is 0 Å². The third-order valence-corrected chi connectivity index (χ3v) is 5.74. The summed E-state index contributed by atoms with van der Waals surface area (Å²) in [5.74, 6) is 0.967. The smallest absolute Gasteiger partial charge is 0.291 e. The Morgan fingerprint density at radius 2 is 2.14 bits per heavy atom. The number of carbonyl (C=O) groups is 1. The van der Waals surface area contributed by atoms with Crippen molar-refractivity contribution in [2.75, 3.05) is 7.11 Å². The zero-order valence-corrected chi connectivity index (χ0v) is 17.6. The highest BCUT2D eigenvalue weighted by atomic mass is 16.5. The van der Waals surface area contributed by atoms with Gasteiger partial charge in [-0.25, -0.2) is 4.68 Å². The van der Waals surface area contributed by atoms with Gasteiger partial charge in [0.2, 0.25) is 5.91 Å². The number of methoxy groups -OCH3 is 1. The molecular weight excluding hydrogens is 356 g/mol. The molecule has 0 atom stereocenters. The van der Waals surface area contributed by atoms with Gasteiger partial charge in [-0.1, -0.05) is 27.2 Å². The molecule has 1 N–H and O–H groups in total. The van der Waals surface area contributed by atoms with Crippen LogP contribution < -0.4 is 10.9 Å². The molecule has 1 fully saturated rings. The van der Waals surface area contributed by atoms with Crippen molar-refractivity contribution in [3.63, 3.8) is 0 Å². The van der Waals surface area contributed by atoms with Crippen molar-refractivity contribution in [3.8, 4) is 0 Å². The van der Waals surface area contributed by atoms with Crippen LogP contribution in [0, 0.1) is 0 Å². The Labute approximate surface area is 166 Å². The fourth-order valence-electron chi connectivity index (χ4n) is 3.82. The number of fused-ring (bicyclic) bond motifs is 1. The van der Waals surface area contributed by atoms with Gasteiger partial charge in [-0.05, 0) is 43.7 Å². The molecule has 1 aliphatic carbocycles. The SMILES string of the molecule is CCCCc1nn(CC(=O)N[C@H]2C[C@@](C)(OC)C2)c(=O)c2cc(C(C)C)cn12. The van der Waals surface area contributed by atoms with Crippen LogP contribution in [0.2, 0.25) is 0 Å². The maximum Gasteiger partial charge on any atom is 0.291 e. The van der Waals surface area contributed by atoms with E-state index in [-0.39, 0.29) is 29.7 Å². The summed E-state index contributed by atoms with van der Waals surface area (Å²) in [6.45, 7) is 8.31. The Kier molecular flexibility index (Phi) is 5.93. The quantitative estimate of drug-likeness (QED) is 0.754. The van der Waals surface area contributed by atoms with Gasteiger partial charge in [0.15, 0.2) is 0 Å². The van der Waals surface area contributed by atoms with Crippen molar-refractivity contribution in [2.24, 2.45) is 0 Å². The van der Waals surface area contributed by atoms with E-state index in [0.29, 0.717) is 11.4 Å². The van der Waals surface area contributed by atoms with Gasteiger partial charge < -0.3 is 10.1 Å². The lowest BCUT2D eigenvalue weighted by Crippen LogP contribution is -2.55. The number of hydrogen-bond acceptors (Lipinski definition) is 4. The zero-order chi connectivity index (χ0) is 20.5. The van der Waals surface area contributed by atoms with Gasteiger partial charge in [0.25, 0.3) is 5.56 Å². The lowest BCUT2D eigenvalue weighted by molar-refractivity contribution is -0.127. The van der Waals surface area contributed by atoms with Crippen molar-refractivity contribution in [1.29, 1.82) is 0 Å². The number of aryl methyl sites for hydroxylation is 1. The van der Waals surface area contributed by atoms with Crippen molar-refractivity contribution in [1.82, 2.24) is 19.5 Å². The first-order valence-electron chi connectivity index (χ1n) is 10.2. The summed E-state index contributed by atoms with van der Waals surface area (Å²) >= 11 is 0. The molecule has 1 aliphatic rings. The molecule has 0 bridgehead atoms. The van der Waals surface area contributed by atoms with E-state index < -0.39 is 0 Å². The molecule has 0 aliphatic heterocycles. The number of amides is 1. The van der Waals surface area contributed by atoms with Gasteiger partial charge in [0.05, 0.1) is 5.60 Å². The monoisotopic (exact) mass is 388 g/mol. The molecule has 1 amide bonds. The maximum atomic E-state index is 12.9. The molecule has 2 heterocycles. The average Bonchev–Trinajstić information content (AvgIpc) is 3.07. The Morgan fingerprint density at radius 3 is 2.75 bits per heavy atom. The van der Waals surface area contributed by atoms with Crippen molar-refractivity contribution in [2.45, 2.75) is 83.9 Å². The van der Waals surface area contributed by atoms with Crippen LogP contribution in [0.5, 0.6) is 0 Å². The van der Waals surface area contributed by atoms with Crippen molar-refractivity contribution in [3.05, 3.63) is 34.0 Å². The standard InChI is InChI=1S/C21H32N4O3/c1-6-7-8-18-23-25(13-19(26)22-16-10-21(4,11-16)28-5)20(27)17-9-15(14(2)3)12-24(17)18/h9,12,14,16H,6-8,10-11,13H2,1-5H3,(H,22,26)/t16-,21+. The highest BCUT2D eigenvalue weighted by molar-refractivity contribution is 5.76. The van der Waals surface area contributed by atoms with Crippen LogP contribution in [-0.4, -0.2) is 38.8 Å². The van der Waals surface area contributed by atoms with E-state index in [4.69, 9.17) is 4.74 Å². The Bertz CT molecular complexity index is 906. The summed E-state index contributed by atoms with van der Waals surface area (Å²) in [6, 6.07) is 2.02. The van der Waals surface area contributed by atoms with Gasteiger partial charge in [0.1, 0.15) is 17.9 Å². The number of unbranched alkanes of at least 4 members (excludes halogenated alkanes) is 1. The molecule has 154 valence electrons. The second kappa shape index (κ2) is 8.07. The van der Waals surface area contributed by atoms with Crippen LogP contribution in [0.3, 0.4) is 0 Å². The number of nitrogens with one attached hydrogen (secondary N) is 1. The van der Waals surface area contributed by atoms with E-state index in [2.05, 4.69) is 31.2 Å². The lowest BCUT2D eigenvalue weighted by Gasteiger charge is -2.44. The van der Waals surface area contributed by atoms with Gasteiger partial charge in [-0.2, -0.15) is 5.10 Å². The predicted molar refractivity (Wildman–Crippen MR) is 109 cm³/mol. The predicted octanol–water partition coefficient (Wildman–Crippen LogP) is 2.65. The van der Waals surface area contributed by atoms with E-state index in [1.54, 1.807) is 7.11 Å². The number of hydrogen-bond donors (Lipinski definition) is 1. The van der Waals surface area contributed by atoms with Gasteiger partial charge >= 0.3 is 0 Å². The molecule has 1 saturated carbocycles. The van der Waals surface area contributed by atoms with Crippen LogP contribution in [-0.2, 0) is 22.5 Å². The summed E-state index contributed by atoms with van der Waals surface area (Å²) in [4.78, 5) is 25.4. The summed E-state index contributed by atoms with van der Waals surface area (Å²) in [6.07, 6.45) is 6.38. The molecule has 0 saturated heterocycles. The summed E-state index contributed by atoms with van der Waals surface area (Å²) < 4.78 is 8.64. The van der Waals surface area contributed by atoms with E-state index in [1.165, 1.54) is 4.68 Å². The van der Waals surface area contributed by atoms with E-state index in [9.17, 15) is 9.59 Å². The summed E-state index contributed by atoms with van der Waals surface area (Å²) in [5.41, 5.74) is 1.32. The van der Waals surface area contributed by atoms with E-state index >= 15 is 0 Å². The highest BCUT2D eigenvalue weighted by Crippen LogP contribution is 2.34. The fraction of sp³-hybridized carbons (Fsp3) is 0.667. The topological polar surface area (TPSA) is 77.6 Å². The number of ether oxygens (including phenoxy) is 1. The first-order chi connectivity index (χ1) is 13.3. The first-order valence-corrected chi connectivity index (χ1v) is 10.2. The van der Waals surface area contributed by atoms with E-state index in [1.807, 2.05) is 23.6 Å². The molecule has 0 spiro atoms. The first kappa shape index (κ1) is 20.6. The molecule has 7 nitrogen and oxygen atoms in total. The number of aromatic nitrogens is 3. The normalized spacial score (nSPS) is 21.9. The highest BCUT2D eigenvalue weighted by Gasteiger charge is 2.41. The van der Waals surface area contributed by atoms with Gasteiger partial charge in [0, 0.05) is 25.8 Å². The molecule has 7 heteroatoms. The van der Waals surface area contributed by atoms with Crippen LogP contribution in [0.4, 0.5) is 0 Å². The minimum Gasteiger partial charge on any atom is -0.378 e. The van der Waals surface area contributed by atoms with E-state index in [0.717, 1.165) is 43.5 Å². The molecule has 0 radical (unpaired) electrons. The number of nitrogens with zero attached hydrogens (tertiary/aromatic N) is 3. The summed E-state index contributed by atoms with van der Waals surface area (Å²) in [7, 11) is 1.69. The van der Waals surface area contributed by atoms with Crippen molar-refractivity contribution >= 4 is 11.4 Å². The number of rotatable bonds is 8. The summed E-state index contributed by atoms with van der Waals surface area (Å²) in [5, 5.41) is 7.52. The molecule has 2 aromatic rings. The Hall–Kier alpha value is -2.15. The molecule has 3 rings (SSSR count). The largest absolute Gasteiger partial charge is 0.378 e. The van der Waals surface area contributed by atoms with Crippen LogP contribution in [0.25, 0.3) is 5.52 Å². The molecule has 2 aromatic heterocycles. The minimum atomic E-state index is -0.224.